The number of ketones is 3. The van der Waals surface area contributed by atoms with Crippen LogP contribution in [0.3, 0.4) is 0 Å². The van der Waals surface area contributed by atoms with Gasteiger partial charge in [-0.2, -0.15) is 10.2 Å². The van der Waals surface area contributed by atoms with Crippen molar-refractivity contribution in [3.63, 3.8) is 0 Å². The Morgan fingerprint density at radius 2 is 0.984 bits per heavy atom. The Morgan fingerprint density at radius 3 is 1.51 bits per heavy atom. The van der Waals surface area contributed by atoms with Gasteiger partial charge in [-0.05, 0) is 130 Å². The number of pyridine rings is 1. The average molecular weight is 1690 g/mol. The highest BCUT2D eigenvalue weighted by Crippen LogP contribution is 2.35. The smallest absolute Gasteiger partial charge is 0.257 e. The van der Waals surface area contributed by atoms with Gasteiger partial charge in [0.1, 0.15) is 95.8 Å². The molecule has 3 aliphatic heterocycles. The van der Waals surface area contributed by atoms with Crippen LogP contribution in [0.4, 0.5) is 29.1 Å². The number of halogens is 6. The number of nitrogens with one attached hydrogen (secondary N) is 4. The number of aromatic nitrogens is 12. The first-order valence-corrected chi connectivity index (χ1v) is 39.5. The van der Waals surface area contributed by atoms with Crippen LogP contribution in [-0.2, 0) is 54.9 Å². The summed E-state index contributed by atoms with van der Waals surface area (Å²) in [6.07, 6.45) is 9.14. The number of hydrazine groups is 1. The highest BCUT2D eigenvalue weighted by Gasteiger charge is 2.42. The van der Waals surface area contributed by atoms with Crippen LogP contribution < -0.4 is 21.4 Å². The van der Waals surface area contributed by atoms with E-state index in [1.165, 1.54) is 58.2 Å². The van der Waals surface area contributed by atoms with E-state index in [1.807, 2.05) is 68.4 Å². The van der Waals surface area contributed by atoms with Gasteiger partial charge < -0.3 is 30.3 Å². The van der Waals surface area contributed by atoms with E-state index in [1.54, 1.807) is 122 Å². The van der Waals surface area contributed by atoms with Crippen LogP contribution >= 0.6 is 23.2 Å². The van der Waals surface area contributed by atoms with Crippen LogP contribution in [0.25, 0.3) is 77.2 Å². The van der Waals surface area contributed by atoms with Gasteiger partial charge in [0.15, 0.2) is 23.2 Å². The van der Waals surface area contributed by atoms with Crippen molar-refractivity contribution in [1.29, 1.82) is 0 Å². The lowest BCUT2D eigenvalue weighted by Crippen LogP contribution is -2.49. The lowest BCUT2D eigenvalue weighted by molar-refractivity contribution is -0.140. The van der Waals surface area contributed by atoms with Crippen molar-refractivity contribution in [3.05, 3.63) is 244 Å². The SMILES string of the molecule is CC(=O)c1cn(CC(=O)N2NCCC2C(=O)Nc2cccc(-c3ccccc3C)c2F)c2ccc(-c3cnc(C)nc3)cc12.CC(=O)c1nn(CC(=O)N2C[C@H](F)C[C@H]2C(=O)NCc2cccc(Cl)c2F)c2ccc(-c3cnc(C)nc3)cc12.CC(=O)c1nn(CC(=O)N2C[C@H](F)C[C@H]2C(=O)Nc2cccc(Cl)n2)c2ccc(-c3cnc(C)nc3)cc12. The Labute approximate surface area is 705 Å². The second-order valence-corrected chi connectivity index (χ2v) is 30.4. The second-order valence-electron chi connectivity index (χ2n) is 29.6. The molecule has 28 nitrogen and oxygen atoms in total. The summed E-state index contributed by atoms with van der Waals surface area (Å²) in [7, 11) is 0. The van der Waals surface area contributed by atoms with Crippen molar-refractivity contribution in [2.45, 2.75) is 124 Å². The number of Topliss-reactive ketones (excluding diaryl/α,β-unsaturated/α-hetero) is 3. The number of likely N-dealkylation sites (tertiary alicyclic amines) is 2. The van der Waals surface area contributed by atoms with Gasteiger partial charge in [-0.3, -0.25) is 57.5 Å². The number of hydrogen-bond donors (Lipinski definition) is 4. The number of anilines is 2. The van der Waals surface area contributed by atoms with Gasteiger partial charge in [-0.15, -0.1) is 0 Å². The van der Waals surface area contributed by atoms with Crippen molar-refractivity contribution in [2.24, 2.45) is 0 Å². The molecule has 6 amide bonds. The number of carbonyl (C=O) groups is 9. The predicted octanol–water partition coefficient (Wildman–Crippen LogP) is 13.2. The molecule has 622 valence electrons. The second kappa shape index (κ2) is 36.5. The minimum absolute atomic E-state index is 0.0485. The van der Waals surface area contributed by atoms with Gasteiger partial charge in [0, 0.05) is 138 Å². The minimum atomic E-state index is -1.40. The molecular formula is C88H79Cl2F4N19O9. The molecule has 0 radical (unpaired) electrons. The van der Waals surface area contributed by atoms with Crippen LogP contribution in [0.2, 0.25) is 10.2 Å². The summed E-state index contributed by atoms with van der Waals surface area (Å²) >= 11 is 11.7. The van der Waals surface area contributed by atoms with Gasteiger partial charge in [-0.1, -0.05) is 96.0 Å². The van der Waals surface area contributed by atoms with Gasteiger partial charge in [0.05, 0.1) is 34.8 Å². The quantitative estimate of drug-likeness (QED) is 0.0313. The molecule has 4 N–H and O–H groups in total. The maximum atomic E-state index is 15.6. The summed E-state index contributed by atoms with van der Waals surface area (Å²) < 4.78 is 63.1. The van der Waals surface area contributed by atoms with E-state index in [4.69, 9.17) is 23.2 Å². The largest absolute Gasteiger partial charge is 0.350 e. The molecule has 0 aliphatic carbocycles. The Hall–Kier alpha value is -13.7. The number of alkyl halides is 2. The summed E-state index contributed by atoms with van der Waals surface area (Å²) in [5.41, 5.74) is 12.7. The number of rotatable bonds is 20. The number of nitrogens with zero attached hydrogens (tertiary/aromatic N) is 15. The molecule has 0 bridgehead atoms. The van der Waals surface area contributed by atoms with Gasteiger partial charge in [0.25, 0.3) is 5.91 Å². The standard InChI is InChI=1S/C34H31FN6O3.C28H25ClF2N6O3.C26H23ClFN7O3/c1-20-7-4-5-8-25(20)26-9-6-10-29(33(26)35)39-34(44)31-13-14-38-41(31)32(43)19-40-18-28(21(2)42)27-15-23(11-12-30(27)40)24-16-36-22(3)37-17-24;1-15(38)27-21-8-17(19-11-32-16(2)33-12-19)6-7-23(21)37(35-27)14-25(39)36-13-20(30)9-24(36)28(40)34-10-18-4-3-5-22(29)26(18)31;1-14(36)25-19-8-16(17-10-29-15(2)30-11-17)6-7-20(19)35(33-25)13-24(37)34-12-18(28)9-21(34)26(38)32-23-5-3-4-22(27)31-23/h4-12,15-18,31,38H,13-14,19H2,1-3H3,(H,39,44);3-8,11-12,20,24H,9-10,13-14H2,1-2H3,(H,34,40);3-8,10-11,18,21H,9,12-13H2,1-2H3,(H,31,32,38)/t;20-,24+;18-,21+/m.11/s1. The van der Waals surface area contributed by atoms with E-state index < -0.39 is 71.6 Å². The molecule has 34 heteroatoms. The number of amides is 6. The molecule has 16 rings (SSSR count). The topological polar surface area (TPSA) is 342 Å². The zero-order chi connectivity index (χ0) is 86.5. The summed E-state index contributed by atoms with van der Waals surface area (Å²) in [6, 6.07) is 34.9. The maximum Gasteiger partial charge on any atom is 0.257 e. The Kier molecular flexibility index (Phi) is 25.3. The van der Waals surface area contributed by atoms with Gasteiger partial charge in [0.2, 0.25) is 29.5 Å². The number of benzene rings is 6. The number of fused-ring (bicyclic) bond motifs is 3. The Morgan fingerprint density at radius 1 is 0.492 bits per heavy atom. The van der Waals surface area contributed by atoms with E-state index in [2.05, 4.69) is 66.5 Å². The number of carbonyl (C=O) groups excluding carboxylic acids is 9. The lowest BCUT2D eigenvalue weighted by Gasteiger charge is -2.24. The number of hydrogen-bond acceptors (Lipinski definition) is 19. The van der Waals surface area contributed by atoms with Crippen LogP contribution in [0.5, 0.6) is 0 Å². The van der Waals surface area contributed by atoms with Gasteiger partial charge >= 0.3 is 0 Å². The fourth-order valence-corrected chi connectivity index (χ4v) is 15.3. The molecule has 10 heterocycles. The molecule has 3 fully saturated rings. The van der Waals surface area contributed by atoms with Gasteiger partial charge in [-0.25, -0.2) is 57.9 Å². The van der Waals surface area contributed by atoms with Crippen molar-refractivity contribution in [2.75, 3.05) is 30.3 Å². The van der Waals surface area contributed by atoms with Crippen molar-refractivity contribution < 1.29 is 60.7 Å². The van der Waals surface area contributed by atoms with E-state index in [9.17, 15) is 56.3 Å². The lowest BCUT2D eigenvalue weighted by atomic mass is 9.99. The highest BCUT2D eigenvalue weighted by atomic mass is 35.5. The van der Waals surface area contributed by atoms with E-state index in [-0.39, 0.29) is 114 Å². The summed E-state index contributed by atoms with van der Waals surface area (Å²) in [6.45, 7) is 10.6. The number of aryl methyl sites for hydroxylation is 4. The third kappa shape index (κ3) is 18.7. The molecule has 13 aromatic rings. The van der Waals surface area contributed by atoms with E-state index in [0.29, 0.717) is 74.3 Å². The molecule has 5 atom stereocenters. The maximum absolute atomic E-state index is 15.6. The monoisotopic (exact) mass is 1690 g/mol. The van der Waals surface area contributed by atoms with Crippen molar-refractivity contribution >= 4 is 120 Å². The fourth-order valence-electron chi connectivity index (χ4n) is 14.9. The molecule has 6 aromatic carbocycles. The molecule has 122 heavy (non-hydrogen) atoms. The summed E-state index contributed by atoms with van der Waals surface area (Å²) in [5.74, 6) is -2.81. The van der Waals surface area contributed by atoms with Crippen LogP contribution in [-0.4, -0.2) is 177 Å². The third-order valence-corrected chi connectivity index (χ3v) is 21.6. The summed E-state index contributed by atoms with van der Waals surface area (Å²) in [5, 5.41) is 19.8. The minimum Gasteiger partial charge on any atom is -0.350 e. The third-order valence-electron chi connectivity index (χ3n) is 21.1. The molecule has 1 unspecified atom stereocenters. The Balaban J connectivity index is 0.000000150. The van der Waals surface area contributed by atoms with E-state index >= 15 is 4.39 Å². The zero-order valence-corrected chi connectivity index (χ0v) is 68.4. The molecule has 3 saturated heterocycles. The molecule has 7 aromatic heterocycles. The van der Waals surface area contributed by atoms with E-state index in [0.717, 1.165) is 49.4 Å². The first kappa shape index (κ1) is 84.7. The van der Waals surface area contributed by atoms with Crippen LogP contribution in [0, 0.1) is 39.3 Å². The van der Waals surface area contributed by atoms with Crippen molar-refractivity contribution in [1.82, 2.24) is 84.6 Å². The molecular weight excluding hydrogens is 1610 g/mol. The van der Waals surface area contributed by atoms with Crippen LogP contribution in [0.1, 0.15) is 100.0 Å². The predicted molar refractivity (Wildman–Crippen MR) is 448 cm³/mol. The normalized spacial score (nSPS) is 16.1. The highest BCUT2D eigenvalue weighted by molar-refractivity contribution is 6.31. The first-order chi connectivity index (χ1) is 58.5. The summed E-state index contributed by atoms with van der Waals surface area (Å²) in [4.78, 5) is 148. The molecule has 0 saturated carbocycles. The first-order valence-electron chi connectivity index (χ1n) is 38.8. The fraction of sp³-hybridized carbons (Fsp3) is 0.250. The van der Waals surface area contributed by atoms with Crippen LogP contribution in [0.15, 0.2) is 177 Å². The molecule has 0 spiro atoms. The molecule has 3 aliphatic rings. The zero-order valence-electron chi connectivity index (χ0n) is 66.9. The average Bonchev–Trinajstić information content (AvgIpc) is 1.63. The Bertz CT molecular complexity index is 6290. The van der Waals surface area contributed by atoms with Crippen molar-refractivity contribution in [3.8, 4) is 44.5 Å².